The number of hydrogen-bond donors (Lipinski definition) is 5. The van der Waals surface area contributed by atoms with Crippen molar-refractivity contribution in [1.82, 2.24) is 4.90 Å². The van der Waals surface area contributed by atoms with E-state index in [1.165, 1.54) is 28.9 Å². The summed E-state index contributed by atoms with van der Waals surface area (Å²) in [6.07, 6.45) is -0.679. The van der Waals surface area contributed by atoms with Gasteiger partial charge < -0.3 is 36.0 Å². The Bertz CT molecular complexity index is 1740. The largest absolute Gasteiger partial charge is 0.481 e. The Morgan fingerprint density at radius 3 is 2.21 bits per heavy atom. The van der Waals surface area contributed by atoms with Crippen molar-refractivity contribution in [3.63, 3.8) is 0 Å². The quantitative estimate of drug-likeness (QED) is 0.173. The molecule has 0 bridgehead atoms. The van der Waals surface area contributed by atoms with E-state index in [4.69, 9.17) is 0 Å². The molecule has 4 rings (SSSR count). The van der Waals surface area contributed by atoms with Crippen molar-refractivity contribution < 1.29 is 39.0 Å². The molecule has 0 fully saturated rings. The van der Waals surface area contributed by atoms with Crippen molar-refractivity contribution >= 4 is 58.3 Å². The van der Waals surface area contributed by atoms with Gasteiger partial charge in [0.2, 0.25) is 5.91 Å². The molecule has 13 nitrogen and oxygen atoms in total. The average Bonchev–Trinajstić information content (AvgIpc) is 3.11. The average molecular weight is 658 g/mol. The molecule has 1 atom stereocenters. The number of carbonyl (C=O) groups is 6. The van der Waals surface area contributed by atoms with Crippen LogP contribution in [0.2, 0.25) is 0 Å². The van der Waals surface area contributed by atoms with Crippen molar-refractivity contribution in [2.24, 2.45) is 0 Å². The van der Waals surface area contributed by atoms with E-state index in [0.29, 0.717) is 22.6 Å². The van der Waals surface area contributed by atoms with E-state index in [1.54, 1.807) is 50.2 Å². The summed E-state index contributed by atoms with van der Waals surface area (Å²) in [6, 6.07) is 17.7. The molecular weight excluding hydrogens is 618 g/mol. The number of nitrogens with one attached hydrogen (secondary N) is 3. The minimum absolute atomic E-state index is 0.0670. The van der Waals surface area contributed by atoms with Crippen molar-refractivity contribution in [3.8, 4) is 0 Å². The normalized spacial score (nSPS) is 13.7. The van der Waals surface area contributed by atoms with E-state index >= 15 is 0 Å². The fraction of sp³-hybridized carbons (Fsp3) is 0.314. The van der Waals surface area contributed by atoms with E-state index in [9.17, 15) is 39.0 Å². The lowest BCUT2D eigenvalue weighted by Gasteiger charge is -2.28. The number of aliphatic carboxylic acids is 2. The van der Waals surface area contributed by atoms with Crippen LogP contribution in [0.5, 0.6) is 0 Å². The number of benzene rings is 3. The molecule has 1 aliphatic heterocycles. The number of fused-ring (bicyclic) bond motifs is 1. The number of para-hydroxylation sites is 1. The molecule has 0 spiro atoms. The highest BCUT2D eigenvalue weighted by Gasteiger charge is 2.35. The third-order valence-corrected chi connectivity index (χ3v) is 8.06. The highest BCUT2D eigenvalue weighted by atomic mass is 16.4. The van der Waals surface area contributed by atoms with Gasteiger partial charge in [-0.1, -0.05) is 30.3 Å². The number of hydrogen-bond acceptors (Lipinski definition) is 7. The van der Waals surface area contributed by atoms with Crippen molar-refractivity contribution in [2.45, 2.75) is 58.5 Å². The molecule has 0 radical (unpaired) electrons. The molecule has 0 aromatic heterocycles. The fourth-order valence-electron chi connectivity index (χ4n) is 5.32. The number of urea groups is 1. The number of aryl methyl sites for hydroxylation is 1. The zero-order chi connectivity index (χ0) is 35.2. The maximum Gasteiger partial charge on any atom is 0.323 e. The van der Waals surface area contributed by atoms with Gasteiger partial charge in [-0.25, -0.2) is 4.79 Å². The van der Waals surface area contributed by atoms with Crippen LogP contribution < -0.4 is 20.9 Å². The summed E-state index contributed by atoms with van der Waals surface area (Å²) in [5.74, 6) is -3.55. The van der Waals surface area contributed by atoms with Gasteiger partial charge in [0.1, 0.15) is 6.54 Å². The topological polar surface area (TPSA) is 185 Å². The van der Waals surface area contributed by atoms with Crippen LogP contribution in [0.15, 0.2) is 66.7 Å². The fourth-order valence-corrected chi connectivity index (χ4v) is 5.32. The first-order valence-corrected chi connectivity index (χ1v) is 15.4. The summed E-state index contributed by atoms with van der Waals surface area (Å²) >= 11 is 0. The number of nitrogens with zero attached hydrogens (tertiary/aromatic N) is 2. The monoisotopic (exact) mass is 657 g/mol. The molecule has 1 aliphatic rings. The minimum Gasteiger partial charge on any atom is -0.481 e. The van der Waals surface area contributed by atoms with Crippen LogP contribution in [0.25, 0.3) is 0 Å². The zero-order valence-corrected chi connectivity index (χ0v) is 27.2. The Kier molecular flexibility index (Phi) is 10.8. The minimum atomic E-state index is -1.14. The van der Waals surface area contributed by atoms with Gasteiger partial charge in [0.15, 0.2) is 5.78 Å². The lowest BCUT2D eigenvalue weighted by atomic mass is 9.93. The number of anilines is 4. The standard InChI is InChI=1S/C35H39N5O8/c1-21-7-5-6-8-27(21)37-34(48)36-24-11-9-23(10-12-24)18-29(41)35(3,4)38-25-13-14-28-26(19-25)33(47)40(22(2)17-32(45)46)20-30(42)39(28)16-15-31(43)44/h5-14,19,22,38H,15-18,20H2,1-4H3,(H,43,44)(H,45,46)(H2,36,37,48). The van der Waals surface area contributed by atoms with Crippen molar-refractivity contribution in [1.29, 1.82) is 0 Å². The second kappa shape index (κ2) is 14.8. The summed E-state index contributed by atoms with van der Waals surface area (Å²) in [5, 5.41) is 27.3. The van der Waals surface area contributed by atoms with Gasteiger partial charge >= 0.3 is 18.0 Å². The summed E-state index contributed by atoms with van der Waals surface area (Å²) < 4.78 is 0. The van der Waals surface area contributed by atoms with Crippen LogP contribution in [0.3, 0.4) is 0 Å². The molecule has 0 aliphatic carbocycles. The summed E-state index contributed by atoms with van der Waals surface area (Å²) in [5.41, 5.74) is 2.45. The lowest BCUT2D eigenvalue weighted by molar-refractivity contribution is -0.139. The maximum absolute atomic E-state index is 13.7. The van der Waals surface area contributed by atoms with Crippen molar-refractivity contribution in [2.75, 3.05) is 33.9 Å². The van der Waals surface area contributed by atoms with Crippen LogP contribution >= 0.6 is 0 Å². The van der Waals surface area contributed by atoms with E-state index in [2.05, 4.69) is 16.0 Å². The highest BCUT2D eigenvalue weighted by molar-refractivity contribution is 6.10. The first-order valence-electron chi connectivity index (χ1n) is 15.4. The Morgan fingerprint density at radius 1 is 0.896 bits per heavy atom. The van der Waals surface area contributed by atoms with Crippen LogP contribution in [0.4, 0.5) is 27.5 Å². The smallest absolute Gasteiger partial charge is 0.323 e. The number of Topliss-reactive ketones (excluding diaryl/α,β-unsaturated/α-hetero) is 1. The predicted molar refractivity (Wildman–Crippen MR) is 180 cm³/mol. The third kappa shape index (κ3) is 8.75. The highest BCUT2D eigenvalue weighted by Crippen LogP contribution is 2.31. The van der Waals surface area contributed by atoms with Gasteiger partial charge in [0, 0.05) is 36.1 Å². The molecule has 13 heteroatoms. The zero-order valence-electron chi connectivity index (χ0n) is 27.2. The van der Waals surface area contributed by atoms with E-state index in [-0.39, 0.29) is 42.8 Å². The molecule has 252 valence electrons. The molecule has 3 aromatic rings. The van der Waals surface area contributed by atoms with Gasteiger partial charge in [0.05, 0.1) is 29.6 Å². The van der Waals surface area contributed by atoms with E-state index in [1.807, 2.05) is 25.1 Å². The second-order valence-corrected chi connectivity index (χ2v) is 12.2. The number of carboxylic acid groups (broad SMARTS) is 2. The van der Waals surface area contributed by atoms with Crippen LogP contribution in [-0.2, 0) is 25.6 Å². The molecule has 4 amide bonds. The number of carbonyl (C=O) groups excluding carboxylic acids is 4. The number of carboxylic acids is 2. The number of ketones is 1. The van der Waals surface area contributed by atoms with E-state index in [0.717, 1.165) is 5.56 Å². The van der Waals surface area contributed by atoms with Gasteiger partial charge in [0.25, 0.3) is 5.91 Å². The molecule has 3 aromatic carbocycles. The molecular formula is C35H39N5O8. The lowest BCUT2D eigenvalue weighted by Crippen LogP contribution is -2.44. The molecule has 0 saturated heterocycles. The maximum atomic E-state index is 13.7. The number of amides is 4. The Morgan fingerprint density at radius 2 is 1.56 bits per heavy atom. The van der Waals surface area contributed by atoms with Gasteiger partial charge in [-0.15, -0.1) is 0 Å². The van der Waals surface area contributed by atoms with Crippen molar-refractivity contribution in [3.05, 3.63) is 83.4 Å². The SMILES string of the molecule is Cc1ccccc1NC(=O)Nc1ccc(CC(=O)C(C)(C)Nc2ccc3c(c2)C(=O)N(C(C)CC(=O)O)CC(=O)N3CCC(=O)O)cc1. The Hall–Kier alpha value is -5.72. The molecule has 0 saturated carbocycles. The molecule has 5 N–H and O–H groups in total. The Balaban J connectivity index is 1.48. The van der Waals surface area contributed by atoms with E-state index < -0.39 is 47.9 Å². The van der Waals surface area contributed by atoms with Crippen LogP contribution in [0.1, 0.15) is 55.1 Å². The summed E-state index contributed by atoms with van der Waals surface area (Å²) in [7, 11) is 0. The van der Waals surface area contributed by atoms with Crippen LogP contribution in [0, 0.1) is 6.92 Å². The first kappa shape index (κ1) is 35.1. The third-order valence-electron chi connectivity index (χ3n) is 8.06. The number of rotatable bonds is 13. The first-order chi connectivity index (χ1) is 22.6. The Labute approximate surface area is 277 Å². The second-order valence-electron chi connectivity index (χ2n) is 12.2. The van der Waals surface area contributed by atoms with Gasteiger partial charge in [-0.2, -0.15) is 0 Å². The molecule has 1 heterocycles. The van der Waals surface area contributed by atoms with Gasteiger partial charge in [-0.3, -0.25) is 24.0 Å². The molecule has 48 heavy (non-hydrogen) atoms. The predicted octanol–water partition coefficient (Wildman–Crippen LogP) is 4.77. The summed E-state index contributed by atoms with van der Waals surface area (Å²) in [6.45, 7) is 6.21. The summed E-state index contributed by atoms with van der Waals surface area (Å²) in [4.78, 5) is 77.8. The molecule has 1 unspecified atom stereocenters. The van der Waals surface area contributed by atoms with Gasteiger partial charge in [-0.05, 0) is 75.2 Å². The van der Waals surface area contributed by atoms with Crippen LogP contribution in [-0.4, -0.2) is 75.4 Å².